The third-order valence-electron chi connectivity index (χ3n) is 2.58. The summed E-state index contributed by atoms with van der Waals surface area (Å²) in [6, 6.07) is 4.54. The summed E-state index contributed by atoms with van der Waals surface area (Å²) in [7, 11) is 1.93. The molecule has 1 atom stereocenters. The second-order valence-electron chi connectivity index (χ2n) is 3.76. The van der Waals surface area contributed by atoms with Gasteiger partial charge in [-0.2, -0.15) is 5.10 Å². The molecule has 0 saturated heterocycles. The Labute approximate surface area is 113 Å². The van der Waals surface area contributed by atoms with E-state index in [4.69, 9.17) is 0 Å². The van der Waals surface area contributed by atoms with Gasteiger partial charge in [0, 0.05) is 24.4 Å². The third-order valence-corrected chi connectivity index (χ3v) is 4.32. The molecule has 4 nitrogen and oxygen atoms in total. The van der Waals surface area contributed by atoms with E-state index in [-0.39, 0.29) is 0 Å². The predicted molar refractivity (Wildman–Crippen MR) is 73.1 cm³/mol. The van der Waals surface area contributed by atoms with E-state index in [2.05, 4.69) is 50.4 Å². The number of halogens is 1. The lowest BCUT2D eigenvalue weighted by atomic mass is 10.1. The molecule has 1 unspecified atom stereocenters. The molecule has 17 heavy (non-hydrogen) atoms. The van der Waals surface area contributed by atoms with Crippen LogP contribution in [0.15, 0.2) is 22.2 Å². The Morgan fingerprint density at radius 3 is 2.88 bits per heavy atom. The Morgan fingerprint density at radius 1 is 1.53 bits per heavy atom. The van der Waals surface area contributed by atoms with Crippen LogP contribution in [0.3, 0.4) is 0 Å². The summed E-state index contributed by atoms with van der Waals surface area (Å²) >= 11 is 5.26. The van der Waals surface area contributed by atoms with Crippen LogP contribution in [0, 0.1) is 0 Å². The van der Waals surface area contributed by atoms with Gasteiger partial charge in [0.25, 0.3) is 0 Å². The number of nitrogens with zero attached hydrogens (tertiary/aromatic N) is 3. The topological polar surface area (TPSA) is 42.7 Å². The van der Waals surface area contributed by atoms with Gasteiger partial charge in [-0.3, -0.25) is 4.68 Å². The number of nitrogens with one attached hydrogen (secondary N) is 1. The summed E-state index contributed by atoms with van der Waals surface area (Å²) in [5, 5.41) is 7.59. The molecule has 0 aliphatic rings. The lowest BCUT2D eigenvalue weighted by Crippen LogP contribution is -2.23. The van der Waals surface area contributed by atoms with E-state index in [0.29, 0.717) is 6.04 Å². The predicted octanol–water partition coefficient (Wildman–Crippen LogP) is 2.53. The van der Waals surface area contributed by atoms with Gasteiger partial charge >= 0.3 is 0 Å². The number of hydrogen-bond donors (Lipinski definition) is 1. The lowest BCUT2D eigenvalue weighted by molar-refractivity contribution is 0.529. The Kier molecular flexibility index (Phi) is 4.31. The van der Waals surface area contributed by atoms with Gasteiger partial charge < -0.3 is 5.32 Å². The van der Waals surface area contributed by atoms with Crippen LogP contribution >= 0.6 is 27.3 Å². The minimum atomic E-state index is 0.305. The molecule has 2 heterocycles. The number of aromatic nitrogens is 3. The van der Waals surface area contributed by atoms with Gasteiger partial charge in [0.15, 0.2) is 0 Å². The van der Waals surface area contributed by atoms with Crippen molar-refractivity contribution in [1.82, 2.24) is 20.1 Å². The molecule has 2 aromatic heterocycles. The fraction of sp³-hybridized carbons (Fsp3) is 0.455. The first-order chi connectivity index (χ1) is 8.20. The van der Waals surface area contributed by atoms with Gasteiger partial charge in [0.2, 0.25) is 0 Å². The Morgan fingerprint density at radius 2 is 2.35 bits per heavy atom. The van der Waals surface area contributed by atoms with E-state index in [9.17, 15) is 0 Å². The van der Waals surface area contributed by atoms with Gasteiger partial charge in [0.1, 0.15) is 12.2 Å². The van der Waals surface area contributed by atoms with Gasteiger partial charge in [-0.25, -0.2) is 4.98 Å². The number of aryl methyl sites for hydroxylation is 1. The van der Waals surface area contributed by atoms with Crippen molar-refractivity contribution in [3.63, 3.8) is 0 Å². The minimum Gasteiger partial charge on any atom is -0.309 e. The van der Waals surface area contributed by atoms with Crippen LogP contribution in [-0.4, -0.2) is 21.3 Å². The number of thiophene rings is 1. The molecule has 0 bridgehead atoms. The summed E-state index contributed by atoms with van der Waals surface area (Å²) in [6.07, 6.45) is 2.46. The van der Waals surface area contributed by atoms with Gasteiger partial charge in [-0.15, -0.1) is 11.3 Å². The summed E-state index contributed by atoms with van der Waals surface area (Å²) in [5.74, 6) is 1.00. The first-order valence-electron chi connectivity index (χ1n) is 5.52. The van der Waals surface area contributed by atoms with Crippen LogP contribution in [0.5, 0.6) is 0 Å². The smallest absolute Gasteiger partial charge is 0.138 e. The van der Waals surface area contributed by atoms with Gasteiger partial charge in [-0.1, -0.05) is 6.92 Å². The first-order valence-corrected chi connectivity index (χ1v) is 7.13. The molecular formula is C11H15BrN4S. The van der Waals surface area contributed by atoms with Crippen molar-refractivity contribution in [2.45, 2.75) is 19.4 Å². The fourth-order valence-electron chi connectivity index (χ4n) is 1.72. The maximum Gasteiger partial charge on any atom is 0.138 e. The van der Waals surface area contributed by atoms with Gasteiger partial charge in [0.05, 0.1) is 3.79 Å². The average molecular weight is 315 g/mol. The van der Waals surface area contributed by atoms with Crippen LogP contribution in [0.1, 0.15) is 23.7 Å². The van der Waals surface area contributed by atoms with Crippen molar-refractivity contribution in [2.24, 2.45) is 7.05 Å². The van der Waals surface area contributed by atoms with Crippen molar-refractivity contribution in [2.75, 3.05) is 6.54 Å². The van der Waals surface area contributed by atoms with Crippen LogP contribution in [0.4, 0.5) is 0 Å². The zero-order valence-electron chi connectivity index (χ0n) is 9.85. The van der Waals surface area contributed by atoms with E-state index in [1.54, 1.807) is 17.7 Å². The molecule has 0 aliphatic heterocycles. The van der Waals surface area contributed by atoms with Crippen LogP contribution in [-0.2, 0) is 13.5 Å². The number of hydrogen-bond acceptors (Lipinski definition) is 4. The first kappa shape index (κ1) is 12.7. The van der Waals surface area contributed by atoms with Crippen molar-refractivity contribution in [3.8, 4) is 0 Å². The summed E-state index contributed by atoms with van der Waals surface area (Å²) < 4.78 is 2.99. The average Bonchev–Trinajstić information content (AvgIpc) is 2.88. The maximum absolute atomic E-state index is 4.27. The van der Waals surface area contributed by atoms with Crippen molar-refractivity contribution < 1.29 is 0 Å². The molecule has 0 fully saturated rings. The quantitative estimate of drug-likeness (QED) is 0.922. The Balaban J connectivity index is 2.15. The molecule has 0 saturated carbocycles. The highest BCUT2D eigenvalue weighted by Gasteiger charge is 2.15. The summed E-state index contributed by atoms with van der Waals surface area (Å²) in [4.78, 5) is 5.60. The Hall–Kier alpha value is -0.720. The molecule has 0 aliphatic carbocycles. The van der Waals surface area contributed by atoms with E-state index >= 15 is 0 Å². The highest BCUT2D eigenvalue weighted by Crippen LogP contribution is 2.28. The van der Waals surface area contributed by atoms with Crippen LogP contribution < -0.4 is 5.32 Å². The molecule has 0 radical (unpaired) electrons. The zero-order valence-corrected chi connectivity index (χ0v) is 12.3. The molecule has 1 N–H and O–H groups in total. The largest absolute Gasteiger partial charge is 0.309 e. The van der Waals surface area contributed by atoms with Crippen molar-refractivity contribution >= 4 is 27.3 Å². The van der Waals surface area contributed by atoms with E-state index < -0.39 is 0 Å². The molecule has 0 spiro atoms. The zero-order chi connectivity index (χ0) is 12.3. The highest BCUT2D eigenvalue weighted by molar-refractivity contribution is 9.11. The molecule has 2 rings (SSSR count). The number of rotatable bonds is 5. The standard InChI is InChI=1S/C11H15BrN4S/c1-3-13-8(9-4-5-10(12)17-9)6-11-14-7-15-16(11)2/h4-5,7-8,13H,3,6H2,1-2H3. The van der Waals surface area contributed by atoms with Crippen LogP contribution in [0.2, 0.25) is 0 Å². The molecule has 92 valence electrons. The van der Waals surface area contributed by atoms with Crippen LogP contribution in [0.25, 0.3) is 0 Å². The molecule has 2 aromatic rings. The summed E-state index contributed by atoms with van der Waals surface area (Å²) in [6.45, 7) is 3.06. The molecular weight excluding hydrogens is 300 g/mol. The molecule has 0 amide bonds. The monoisotopic (exact) mass is 314 g/mol. The van der Waals surface area contributed by atoms with Gasteiger partial charge in [-0.05, 0) is 34.6 Å². The minimum absolute atomic E-state index is 0.305. The summed E-state index contributed by atoms with van der Waals surface area (Å²) in [5.41, 5.74) is 0. The van der Waals surface area contributed by atoms with Crippen molar-refractivity contribution in [1.29, 1.82) is 0 Å². The number of likely N-dealkylation sites (N-methyl/N-ethyl adjacent to an activating group) is 1. The highest BCUT2D eigenvalue weighted by atomic mass is 79.9. The lowest BCUT2D eigenvalue weighted by Gasteiger charge is -2.15. The van der Waals surface area contributed by atoms with Crippen molar-refractivity contribution in [3.05, 3.63) is 32.9 Å². The second kappa shape index (κ2) is 5.75. The van der Waals surface area contributed by atoms with E-state index in [1.807, 2.05) is 11.7 Å². The molecule has 0 aromatic carbocycles. The Bertz CT molecular complexity index is 479. The maximum atomic E-state index is 4.27. The van der Waals surface area contributed by atoms with E-state index in [0.717, 1.165) is 22.6 Å². The van der Waals surface area contributed by atoms with E-state index in [1.165, 1.54) is 4.88 Å². The fourth-order valence-corrected chi connectivity index (χ4v) is 3.22. The SMILES string of the molecule is CCNC(Cc1ncnn1C)c1ccc(Br)s1. The normalized spacial score (nSPS) is 12.9. The molecule has 6 heteroatoms. The second-order valence-corrected chi connectivity index (χ2v) is 6.25. The third kappa shape index (κ3) is 3.14.